The number of halogens is 3. The van der Waals surface area contributed by atoms with Crippen LogP contribution in [0.5, 0.6) is 5.75 Å². The number of rotatable bonds is 12. The zero-order valence-corrected chi connectivity index (χ0v) is 23.1. The minimum Gasteiger partial charge on any atom is -0.490 e. The Kier molecular flexibility index (Phi) is 10.5. The number of benzene rings is 3. The summed E-state index contributed by atoms with van der Waals surface area (Å²) in [6.45, 7) is 4.58. The first-order chi connectivity index (χ1) is 19.0. The van der Waals surface area contributed by atoms with Crippen molar-refractivity contribution in [2.75, 3.05) is 6.61 Å². The minimum absolute atomic E-state index is 0.0611. The Bertz CT molecular complexity index is 1290. The molecular weight excluding hydrogens is 493 g/mol. The standard InChI is InChI=1S/C35H39F3O/c1-3-5-6-7-8-9-23-39-33-22-21-31(34(37)35(33)38)28-17-15-27(16-18-28)30-20-19-29(24-32(30)36)26-13-11-25(10-4-2)12-14-26/h4,10,13,15-22,24-25H,3,5-9,11-12,14,23H2,1-2H3. The van der Waals surface area contributed by atoms with Crippen molar-refractivity contribution in [3.05, 3.63) is 95.8 Å². The SMILES string of the molecule is CC=CC1CC=C(c2ccc(-c3ccc(-c4ccc(OCCCCCCCC)c(F)c4F)cc3)c(F)c2)CC1. The molecule has 0 saturated heterocycles. The average Bonchev–Trinajstić information content (AvgIpc) is 2.95. The van der Waals surface area contributed by atoms with E-state index in [1.807, 2.05) is 13.0 Å². The Labute approximate surface area is 231 Å². The van der Waals surface area contributed by atoms with Crippen LogP contribution in [0.15, 0.2) is 72.8 Å². The fourth-order valence-electron chi connectivity index (χ4n) is 5.27. The quantitative estimate of drug-likeness (QED) is 0.166. The van der Waals surface area contributed by atoms with Gasteiger partial charge in [-0.05, 0) is 79.0 Å². The fourth-order valence-corrected chi connectivity index (χ4v) is 5.27. The van der Waals surface area contributed by atoms with Crippen molar-refractivity contribution in [2.24, 2.45) is 5.92 Å². The molecule has 39 heavy (non-hydrogen) atoms. The Morgan fingerprint density at radius 1 is 0.795 bits per heavy atom. The Morgan fingerprint density at radius 2 is 1.46 bits per heavy atom. The van der Waals surface area contributed by atoms with Crippen LogP contribution in [0.2, 0.25) is 0 Å². The number of unbranched alkanes of at least 4 members (excludes halogenated alkanes) is 5. The van der Waals surface area contributed by atoms with Gasteiger partial charge in [-0.15, -0.1) is 0 Å². The summed E-state index contributed by atoms with van der Waals surface area (Å²) in [6, 6.07) is 15.3. The Morgan fingerprint density at radius 3 is 2.13 bits per heavy atom. The van der Waals surface area contributed by atoms with E-state index in [0.717, 1.165) is 44.1 Å². The third-order valence-electron chi connectivity index (χ3n) is 7.57. The topological polar surface area (TPSA) is 9.23 Å². The molecule has 0 N–H and O–H groups in total. The molecule has 1 aliphatic carbocycles. The predicted octanol–water partition coefficient (Wildman–Crippen LogP) is 10.9. The molecule has 4 heteroatoms. The van der Waals surface area contributed by atoms with Crippen molar-refractivity contribution >= 4 is 5.57 Å². The molecule has 0 fully saturated rings. The highest BCUT2D eigenvalue weighted by Gasteiger charge is 2.17. The van der Waals surface area contributed by atoms with Gasteiger partial charge in [-0.3, -0.25) is 0 Å². The lowest BCUT2D eigenvalue weighted by Gasteiger charge is -2.20. The smallest absolute Gasteiger partial charge is 0.201 e. The first-order valence-corrected chi connectivity index (χ1v) is 14.3. The van der Waals surface area contributed by atoms with Gasteiger partial charge in [0.2, 0.25) is 5.82 Å². The summed E-state index contributed by atoms with van der Waals surface area (Å²) < 4.78 is 50.3. The maximum atomic E-state index is 15.1. The molecule has 3 aromatic carbocycles. The van der Waals surface area contributed by atoms with Crippen LogP contribution in [-0.2, 0) is 0 Å². The number of ether oxygens (including phenoxy) is 1. The molecule has 0 spiro atoms. The van der Waals surface area contributed by atoms with Crippen LogP contribution in [0.1, 0.15) is 77.2 Å². The van der Waals surface area contributed by atoms with Crippen molar-refractivity contribution < 1.29 is 17.9 Å². The molecule has 1 unspecified atom stereocenters. The molecule has 3 aromatic rings. The summed E-state index contributed by atoms with van der Waals surface area (Å²) >= 11 is 0. The van der Waals surface area contributed by atoms with Crippen LogP contribution < -0.4 is 4.74 Å². The lowest BCUT2D eigenvalue weighted by atomic mass is 9.86. The van der Waals surface area contributed by atoms with Crippen LogP contribution >= 0.6 is 0 Å². The van der Waals surface area contributed by atoms with E-state index in [1.165, 1.54) is 37.0 Å². The van der Waals surface area contributed by atoms with Crippen molar-refractivity contribution in [1.29, 1.82) is 0 Å². The molecule has 0 amide bonds. The van der Waals surface area contributed by atoms with E-state index in [1.54, 1.807) is 36.4 Å². The number of hydrogen-bond donors (Lipinski definition) is 0. The van der Waals surface area contributed by atoms with E-state index >= 15 is 4.39 Å². The first-order valence-electron chi connectivity index (χ1n) is 14.3. The number of allylic oxidation sites excluding steroid dienone is 4. The van der Waals surface area contributed by atoms with Crippen LogP contribution in [0.4, 0.5) is 13.2 Å². The Balaban J connectivity index is 1.41. The largest absolute Gasteiger partial charge is 0.490 e. The molecule has 1 aliphatic rings. The first kappa shape index (κ1) is 28.7. The molecule has 206 valence electrons. The van der Waals surface area contributed by atoms with E-state index in [2.05, 4.69) is 25.2 Å². The second kappa shape index (κ2) is 14.2. The van der Waals surface area contributed by atoms with Gasteiger partial charge in [-0.25, -0.2) is 8.78 Å². The van der Waals surface area contributed by atoms with Crippen LogP contribution in [0.25, 0.3) is 27.8 Å². The van der Waals surface area contributed by atoms with Gasteiger partial charge in [0.15, 0.2) is 11.6 Å². The molecular formula is C35H39F3O. The zero-order chi connectivity index (χ0) is 27.6. The van der Waals surface area contributed by atoms with Crippen molar-refractivity contribution in [3.63, 3.8) is 0 Å². The zero-order valence-electron chi connectivity index (χ0n) is 23.1. The van der Waals surface area contributed by atoms with Gasteiger partial charge in [0.1, 0.15) is 5.82 Å². The number of hydrogen-bond acceptors (Lipinski definition) is 1. The molecule has 0 saturated carbocycles. The highest BCUT2D eigenvalue weighted by molar-refractivity contribution is 5.74. The highest BCUT2D eigenvalue weighted by atomic mass is 19.2. The second-order valence-corrected chi connectivity index (χ2v) is 10.4. The minimum atomic E-state index is -0.974. The summed E-state index contributed by atoms with van der Waals surface area (Å²) in [5.74, 6) is -1.70. The molecule has 0 aromatic heterocycles. The van der Waals surface area contributed by atoms with Crippen LogP contribution in [0.3, 0.4) is 0 Å². The van der Waals surface area contributed by atoms with Crippen LogP contribution in [-0.4, -0.2) is 6.61 Å². The van der Waals surface area contributed by atoms with Gasteiger partial charge in [-0.1, -0.05) is 93.7 Å². The molecule has 1 nitrogen and oxygen atoms in total. The van der Waals surface area contributed by atoms with Gasteiger partial charge >= 0.3 is 0 Å². The van der Waals surface area contributed by atoms with E-state index in [0.29, 0.717) is 29.2 Å². The van der Waals surface area contributed by atoms with Crippen molar-refractivity contribution in [3.8, 4) is 28.0 Å². The van der Waals surface area contributed by atoms with E-state index in [9.17, 15) is 8.78 Å². The van der Waals surface area contributed by atoms with Crippen molar-refractivity contribution in [2.45, 2.75) is 71.6 Å². The maximum Gasteiger partial charge on any atom is 0.201 e. The monoisotopic (exact) mass is 532 g/mol. The molecule has 1 atom stereocenters. The maximum absolute atomic E-state index is 15.1. The van der Waals surface area contributed by atoms with Crippen LogP contribution in [0, 0.1) is 23.4 Å². The second-order valence-electron chi connectivity index (χ2n) is 10.4. The summed E-state index contributed by atoms with van der Waals surface area (Å²) in [5, 5.41) is 0. The van der Waals surface area contributed by atoms with Gasteiger partial charge in [-0.2, -0.15) is 4.39 Å². The van der Waals surface area contributed by atoms with Gasteiger partial charge < -0.3 is 4.74 Å². The average molecular weight is 533 g/mol. The third kappa shape index (κ3) is 7.44. The summed E-state index contributed by atoms with van der Waals surface area (Å²) in [4.78, 5) is 0. The fraction of sp³-hybridized carbons (Fsp3) is 0.371. The highest BCUT2D eigenvalue weighted by Crippen LogP contribution is 2.35. The molecule has 0 heterocycles. The van der Waals surface area contributed by atoms with E-state index < -0.39 is 11.6 Å². The third-order valence-corrected chi connectivity index (χ3v) is 7.57. The lowest BCUT2D eigenvalue weighted by Crippen LogP contribution is -2.03. The van der Waals surface area contributed by atoms with Crippen molar-refractivity contribution in [1.82, 2.24) is 0 Å². The summed E-state index contributed by atoms with van der Waals surface area (Å²) in [7, 11) is 0. The lowest BCUT2D eigenvalue weighted by molar-refractivity contribution is 0.285. The van der Waals surface area contributed by atoms with Gasteiger partial charge in [0, 0.05) is 11.1 Å². The molecule has 0 bridgehead atoms. The summed E-state index contributed by atoms with van der Waals surface area (Å²) in [5.41, 5.74) is 3.96. The normalized spacial score (nSPS) is 15.5. The van der Waals surface area contributed by atoms with E-state index in [4.69, 9.17) is 4.74 Å². The predicted molar refractivity (Wildman–Crippen MR) is 156 cm³/mol. The van der Waals surface area contributed by atoms with E-state index in [-0.39, 0.29) is 17.1 Å². The Hall–Kier alpha value is -3.27. The summed E-state index contributed by atoms with van der Waals surface area (Å²) in [6.07, 6.45) is 16.1. The van der Waals surface area contributed by atoms with Gasteiger partial charge in [0.25, 0.3) is 0 Å². The molecule has 0 radical (unpaired) electrons. The molecule has 4 rings (SSSR count). The van der Waals surface area contributed by atoms with Gasteiger partial charge in [0.05, 0.1) is 6.61 Å². The molecule has 0 aliphatic heterocycles.